The van der Waals surface area contributed by atoms with Gasteiger partial charge in [0.15, 0.2) is 6.10 Å². The number of carbonyl (C=O) groups excluding carboxylic acids is 2. The van der Waals surface area contributed by atoms with Crippen molar-refractivity contribution < 1.29 is 42.1 Å². The molecule has 0 amide bonds. The minimum absolute atomic E-state index is 0.0314. The van der Waals surface area contributed by atoms with Gasteiger partial charge in [0.25, 0.3) is 0 Å². The smallest absolute Gasteiger partial charge is 0.462 e. The van der Waals surface area contributed by atoms with Gasteiger partial charge in [0.1, 0.15) is 19.8 Å². The monoisotopic (exact) mass is 1390 g/mol. The third-order valence-electron chi connectivity index (χ3n) is 18.9. The highest BCUT2D eigenvalue weighted by molar-refractivity contribution is 7.47. The molecule has 0 aromatic carbocycles. The molecule has 2 unspecified atom stereocenters. The van der Waals surface area contributed by atoms with Crippen LogP contribution < -0.4 is 0 Å². The van der Waals surface area contributed by atoms with E-state index in [1.165, 1.54) is 302 Å². The SMILES string of the molecule is CC/C=C\C/C=C\C/C=C\C/C=C\C/C=C\C/C=C\CCCCCCCCCCCCCCCCC(=O)OC(COC(=O)CCCCCCCCCCCCCCCCCCCCCCCCCCCCCCC/C=C\CCCCCCCCCC)COP(=O)(O)OCC[N+](C)(C)C. The molecule has 9 nitrogen and oxygen atoms in total. The Morgan fingerprint density at radius 2 is 0.582 bits per heavy atom. The van der Waals surface area contributed by atoms with Crippen LogP contribution in [-0.4, -0.2) is 74.9 Å². The fourth-order valence-electron chi connectivity index (χ4n) is 12.5. The van der Waals surface area contributed by atoms with E-state index in [9.17, 15) is 19.0 Å². The topological polar surface area (TPSA) is 108 Å². The molecule has 98 heavy (non-hydrogen) atoms. The maximum Gasteiger partial charge on any atom is 0.472 e. The summed E-state index contributed by atoms with van der Waals surface area (Å²) in [5.41, 5.74) is 0. The Hall–Kier alpha value is -2.81. The van der Waals surface area contributed by atoms with Crippen molar-refractivity contribution in [3.8, 4) is 0 Å². The molecule has 0 spiro atoms. The second-order valence-electron chi connectivity index (χ2n) is 29.8. The molecule has 0 aromatic heterocycles. The maximum absolute atomic E-state index is 12.9. The Morgan fingerprint density at radius 3 is 0.878 bits per heavy atom. The molecular weight excluding hydrogens is 1230 g/mol. The lowest BCUT2D eigenvalue weighted by atomic mass is 10.0. The molecule has 572 valence electrons. The number of ether oxygens (including phenoxy) is 2. The van der Waals surface area contributed by atoms with Crippen LogP contribution in [0.5, 0.6) is 0 Å². The first-order chi connectivity index (χ1) is 48.0. The quantitative estimate of drug-likeness (QED) is 0.0211. The van der Waals surface area contributed by atoms with Crippen molar-refractivity contribution in [1.82, 2.24) is 0 Å². The van der Waals surface area contributed by atoms with E-state index in [1.54, 1.807) is 0 Å². The zero-order valence-corrected chi connectivity index (χ0v) is 66.4. The lowest BCUT2D eigenvalue weighted by Gasteiger charge is -2.24. The van der Waals surface area contributed by atoms with Gasteiger partial charge in [-0.3, -0.25) is 18.6 Å². The van der Waals surface area contributed by atoms with Gasteiger partial charge in [-0.05, 0) is 89.9 Å². The van der Waals surface area contributed by atoms with Crippen LogP contribution in [0.2, 0.25) is 0 Å². The molecule has 0 radical (unpaired) electrons. The van der Waals surface area contributed by atoms with Gasteiger partial charge >= 0.3 is 19.8 Å². The number of allylic oxidation sites excluding steroid dienone is 14. The first-order valence-corrected chi connectivity index (χ1v) is 43.8. The third-order valence-corrected chi connectivity index (χ3v) is 19.9. The summed E-state index contributed by atoms with van der Waals surface area (Å²) in [6, 6.07) is 0. The average molecular weight is 1390 g/mol. The van der Waals surface area contributed by atoms with Gasteiger partial charge < -0.3 is 18.9 Å². The summed E-state index contributed by atoms with van der Waals surface area (Å²) in [4.78, 5) is 36.0. The molecule has 2 atom stereocenters. The van der Waals surface area contributed by atoms with E-state index in [1.807, 2.05) is 21.1 Å². The molecule has 10 heteroatoms. The van der Waals surface area contributed by atoms with E-state index in [0.717, 1.165) is 77.0 Å². The Bertz CT molecular complexity index is 1930. The van der Waals surface area contributed by atoms with E-state index in [0.29, 0.717) is 23.9 Å². The maximum atomic E-state index is 12.9. The second kappa shape index (κ2) is 78.3. The van der Waals surface area contributed by atoms with Crippen molar-refractivity contribution >= 4 is 19.8 Å². The Kier molecular flexibility index (Phi) is 76.1. The van der Waals surface area contributed by atoms with Gasteiger partial charge in [-0.15, -0.1) is 0 Å². The first-order valence-electron chi connectivity index (χ1n) is 42.3. The highest BCUT2D eigenvalue weighted by Crippen LogP contribution is 2.43. The van der Waals surface area contributed by atoms with Crippen molar-refractivity contribution in [2.75, 3.05) is 47.5 Å². The van der Waals surface area contributed by atoms with Gasteiger partial charge in [0.05, 0.1) is 27.7 Å². The molecule has 0 fully saturated rings. The van der Waals surface area contributed by atoms with E-state index < -0.39 is 26.5 Å². The molecule has 0 aliphatic carbocycles. The molecule has 0 saturated heterocycles. The van der Waals surface area contributed by atoms with Crippen LogP contribution in [0.4, 0.5) is 0 Å². The second-order valence-corrected chi connectivity index (χ2v) is 31.3. The Labute approximate surface area is 609 Å². The minimum atomic E-state index is -4.40. The number of phosphoric acid groups is 1. The molecule has 0 aliphatic rings. The summed E-state index contributed by atoms with van der Waals surface area (Å²) in [5.74, 6) is -0.781. The molecule has 0 aromatic rings. The van der Waals surface area contributed by atoms with Crippen LogP contribution in [0.25, 0.3) is 0 Å². The van der Waals surface area contributed by atoms with Crippen LogP contribution in [0.15, 0.2) is 85.1 Å². The summed E-state index contributed by atoms with van der Waals surface area (Å²) < 4.78 is 34.9. The molecule has 1 N–H and O–H groups in total. The molecule has 0 saturated carbocycles. The van der Waals surface area contributed by atoms with Gasteiger partial charge in [-0.2, -0.15) is 0 Å². The number of hydrogen-bond acceptors (Lipinski definition) is 7. The normalized spacial score (nSPS) is 13.4. The average Bonchev–Trinajstić information content (AvgIpc) is 1.08. The number of quaternary nitrogens is 1. The largest absolute Gasteiger partial charge is 0.472 e. The molecule has 0 rings (SSSR count). The van der Waals surface area contributed by atoms with Crippen molar-refractivity contribution in [2.24, 2.45) is 0 Å². The van der Waals surface area contributed by atoms with E-state index in [-0.39, 0.29) is 25.6 Å². The summed E-state index contributed by atoms with van der Waals surface area (Å²) >= 11 is 0. The fraction of sp³-hybridized carbons (Fsp3) is 0.818. The van der Waals surface area contributed by atoms with Gasteiger partial charge in [0.2, 0.25) is 0 Å². The molecular formula is C88H163NO8P+. The third kappa shape index (κ3) is 82.1. The summed E-state index contributed by atoms with van der Waals surface area (Å²) in [5, 5.41) is 0. The van der Waals surface area contributed by atoms with E-state index in [4.69, 9.17) is 18.5 Å². The van der Waals surface area contributed by atoms with Crippen molar-refractivity contribution in [1.29, 1.82) is 0 Å². The number of hydrogen-bond donors (Lipinski definition) is 1. The van der Waals surface area contributed by atoms with Gasteiger partial charge in [0, 0.05) is 12.8 Å². The van der Waals surface area contributed by atoms with Crippen LogP contribution in [0.3, 0.4) is 0 Å². The number of phosphoric ester groups is 1. The first kappa shape index (κ1) is 95.2. The van der Waals surface area contributed by atoms with E-state index in [2.05, 4.69) is 98.9 Å². The summed E-state index contributed by atoms with van der Waals surface area (Å²) in [7, 11) is 1.49. The standard InChI is InChI=1S/C88H162NO8P/c1-6-8-10-12-14-16-18-20-22-24-26-28-30-32-34-36-38-40-41-42-43-44-45-46-47-49-50-52-54-56-58-60-62-64-66-68-70-72-74-76-78-80-87(90)94-84-86(85-96-98(92,93)95-83-82-89(3,4)5)97-88(91)81-79-77-75-73-71-69-67-65-63-61-59-57-55-53-51-48-39-37-35-33-31-29-27-25-23-21-19-17-15-13-11-9-7-2/h9,11,15,17,21,23-24,26-27,29,33,35,39,48,86H,6-8,10,12-14,16,18-20,22,25,28,30-32,34,36-38,40-47,49-85H2,1-5H3/p+1/b11-9-,17-15-,23-21-,26-24-,29-27-,35-33-,48-39-. The molecule has 0 heterocycles. The summed E-state index contributed by atoms with van der Waals surface area (Å²) in [6.07, 6.45) is 109. The highest BCUT2D eigenvalue weighted by Gasteiger charge is 2.27. The lowest BCUT2D eigenvalue weighted by molar-refractivity contribution is -0.870. The van der Waals surface area contributed by atoms with Crippen molar-refractivity contribution in [3.05, 3.63) is 85.1 Å². The molecule has 0 aliphatic heterocycles. The predicted octanol–water partition coefficient (Wildman–Crippen LogP) is 28.4. The number of unbranched alkanes of at least 4 members (excludes halogenated alkanes) is 51. The number of nitrogens with zero attached hydrogens (tertiary/aromatic N) is 1. The Morgan fingerprint density at radius 1 is 0.327 bits per heavy atom. The van der Waals surface area contributed by atoms with Crippen LogP contribution in [-0.2, 0) is 32.7 Å². The van der Waals surface area contributed by atoms with Crippen LogP contribution in [0.1, 0.15) is 412 Å². The molecule has 0 bridgehead atoms. The number of likely N-dealkylation sites (N-methyl/N-ethyl adjacent to an activating group) is 1. The highest BCUT2D eigenvalue weighted by atomic mass is 31.2. The lowest BCUT2D eigenvalue weighted by Crippen LogP contribution is -2.37. The van der Waals surface area contributed by atoms with Crippen LogP contribution in [0, 0.1) is 0 Å². The fourth-order valence-corrected chi connectivity index (χ4v) is 13.2. The predicted molar refractivity (Wildman–Crippen MR) is 427 cm³/mol. The number of rotatable bonds is 79. The van der Waals surface area contributed by atoms with Crippen LogP contribution >= 0.6 is 7.82 Å². The number of esters is 2. The van der Waals surface area contributed by atoms with Crippen molar-refractivity contribution in [3.63, 3.8) is 0 Å². The zero-order chi connectivity index (χ0) is 71.1. The zero-order valence-electron chi connectivity index (χ0n) is 65.5. The van der Waals surface area contributed by atoms with E-state index >= 15 is 0 Å². The minimum Gasteiger partial charge on any atom is -0.462 e. The van der Waals surface area contributed by atoms with Gasteiger partial charge in [-0.25, -0.2) is 4.57 Å². The number of carbonyl (C=O) groups is 2. The Balaban J connectivity index is 3.89. The van der Waals surface area contributed by atoms with Gasteiger partial charge in [-0.1, -0.05) is 394 Å². The van der Waals surface area contributed by atoms with Crippen molar-refractivity contribution in [2.45, 2.75) is 418 Å². The summed E-state index contributed by atoms with van der Waals surface area (Å²) in [6.45, 7) is 4.38.